The topological polar surface area (TPSA) is 44.4 Å². The second-order valence-electron chi connectivity index (χ2n) is 8.01. The molecular formula is C22H25F4N3O. The number of hydrogen-bond donors (Lipinski definition) is 2. The lowest BCUT2D eigenvalue weighted by atomic mass is 9.86. The first-order chi connectivity index (χ1) is 14.2. The number of benzene rings is 2. The molecule has 4 nitrogen and oxygen atoms in total. The third-order valence-corrected chi connectivity index (χ3v) is 5.57. The Morgan fingerprint density at radius 1 is 1.00 bits per heavy atom. The van der Waals surface area contributed by atoms with Crippen LogP contribution >= 0.6 is 0 Å². The van der Waals surface area contributed by atoms with E-state index in [0.29, 0.717) is 5.56 Å². The molecule has 2 N–H and O–H groups in total. The van der Waals surface area contributed by atoms with Crippen LogP contribution in [0, 0.1) is 23.3 Å². The molecular weight excluding hydrogens is 398 g/mol. The molecule has 0 aliphatic carbocycles. The number of carbonyl (C=O) groups is 1. The van der Waals surface area contributed by atoms with Gasteiger partial charge < -0.3 is 5.32 Å². The van der Waals surface area contributed by atoms with Gasteiger partial charge in [-0.05, 0) is 69.6 Å². The van der Waals surface area contributed by atoms with Gasteiger partial charge in [0.05, 0.1) is 18.3 Å². The minimum Gasteiger partial charge on any atom is -0.322 e. The predicted octanol–water partition coefficient (Wildman–Crippen LogP) is 4.39. The van der Waals surface area contributed by atoms with Gasteiger partial charge in [-0.25, -0.2) is 17.6 Å². The van der Waals surface area contributed by atoms with E-state index >= 15 is 0 Å². The van der Waals surface area contributed by atoms with Crippen molar-refractivity contribution >= 4 is 11.6 Å². The molecule has 0 saturated carbocycles. The largest absolute Gasteiger partial charge is 0.322 e. The lowest BCUT2D eigenvalue weighted by Gasteiger charge is -2.43. The lowest BCUT2D eigenvalue weighted by molar-refractivity contribution is -0.115. The Morgan fingerprint density at radius 2 is 1.67 bits per heavy atom. The van der Waals surface area contributed by atoms with Gasteiger partial charge >= 0.3 is 0 Å². The number of halogens is 4. The maximum atomic E-state index is 13.9. The zero-order chi connectivity index (χ0) is 21.9. The lowest BCUT2D eigenvalue weighted by Crippen LogP contribution is -2.52. The number of rotatable bonds is 7. The molecule has 2 aromatic rings. The van der Waals surface area contributed by atoms with Crippen LogP contribution in [0.1, 0.15) is 38.3 Å². The van der Waals surface area contributed by atoms with Crippen molar-refractivity contribution in [1.82, 2.24) is 10.2 Å². The van der Waals surface area contributed by atoms with Crippen LogP contribution in [0.25, 0.3) is 0 Å². The fraction of sp³-hybridized carbons (Fsp3) is 0.409. The number of likely N-dealkylation sites (tertiary alicyclic amines) is 1. The van der Waals surface area contributed by atoms with Gasteiger partial charge in [0.2, 0.25) is 5.91 Å². The Bertz CT molecular complexity index is 913. The standard InChI is InChI=1S/C22H25F4N3O/c1-22(2,29-9-3-4-10-29)21(14-5-7-16(24)18(26)11-14)27-13-20(30)28-19-12-15(23)6-8-17(19)25/h5-8,11-12,21,27H,3-4,9-10,13H2,1-2H3,(H,28,30)/t21-/m1/s1. The SMILES string of the molecule is CC(C)([C@H](NCC(=O)Nc1cc(F)ccc1F)c1ccc(F)c(F)c1)N1CCCC1. The summed E-state index contributed by atoms with van der Waals surface area (Å²) in [6.07, 6.45) is 2.07. The van der Waals surface area contributed by atoms with Crippen LogP contribution in [0.15, 0.2) is 36.4 Å². The van der Waals surface area contributed by atoms with E-state index in [9.17, 15) is 22.4 Å². The highest BCUT2D eigenvalue weighted by atomic mass is 19.2. The van der Waals surface area contributed by atoms with E-state index in [1.807, 2.05) is 13.8 Å². The minimum absolute atomic E-state index is 0.225. The molecule has 8 heteroatoms. The number of nitrogens with zero attached hydrogens (tertiary/aromatic N) is 1. The van der Waals surface area contributed by atoms with Crippen molar-refractivity contribution in [1.29, 1.82) is 0 Å². The summed E-state index contributed by atoms with van der Waals surface area (Å²) in [6, 6.07) is 5.94. The molecule has 30 heavy (non-hydrogen) atoms. The van der Waals surface area contributed by atoms with Gasteiger partial charge in [0.1, 0.15) is 11.6 Å². The van der Waals surface area contributed by atoms with E-state index in [-0.39, 0.29) is 12.2 Å². The molecule has 2 aromatic carbocycles. The monoisotopic (exact) mass is 423 g/mol. The van der Waals surface area contributed by atoms with E-state index < -0.39 is 40.8 Å². The first-order valence-corrected chi connectivity index (χ1v) is 9.87. The van der Waals surface area contributed by atoms with Gasteiger partial charge in [-0.15, -0.1) is 0 Å². The maximum absolute atomic E-state index is 13.9. The number of carbonyl (C=O) groups excluding carboxylic acids is 1. The Kier molecular flexibility index (Phi) is 6.77. The molecule has 162 valence electrons. The fourth-order valence-corrected chi connectivity index (χ4v) is 3.93. The number of hydrogen-bond acceptors (Lipinski definition) is 3. The smallest absolute Gasteiger partial charge is 0.238 e. The maximum Gasteiger partial charge on any atom is 0.238 e. The van der Waals surface area contributed by atoms with Crippen LogP contribution in [0.3, 0.4) is 0 Å². The zero-order valence-corrected chi connectivity index (χ0v) is 16.9. The van der Waals surface area contributed by atoms with Crippen molar-refractivity contribution in [2.45, 2.75) is 38.3 Å². The van der Waals surface area contributed by atoms with Crippen LogP contribution in [0.2, 0.25) is 0 Å². The Labute approximate surface area is 173 Å². The summed E-state index contributed by atoms with van der Waals surface area (Å²) in [4.78, 5) is 14.6. The van der Waals surface area contributed by atoms with Crippen LogP contribution in [0.4, 0.5) is 23.2 Å². The highest BCUT2D eigenvalue weighted by Crippen LogP contribution is 2.34. The Balaban J connectivity index is 1.79. The van der Waals surface area contributed by atoms with Crippen LogP contribution < -0.4 is 10.6 Å². The molecule has 1 atom stereocenters. The summed E-state index contributed by atoms with van der Waals surface area (Å²) in [7, 11) is 0. The quantitative estimate of drug-likeness (QED) is 0.650. The Hall–Kier alpha value is -2.45. The van der Waals surface area contributed by atoms with E-state index in [1.54, 1.807) is 0 Å². The molecule has 0 unspecified atom stereocenters. The average Bonchev–Trinajstić information content (AvgIpc) is 3.23. The molecule has 0 aromatic heterocycles. The summed E-state index contributed by atoms with van der Waals surface area (Å²) in [5.74, 6) is -3.92. The van der Waals surface area contributed by atoms with Crippen molar-refractivity contribution in [3.8, 4) is 0 Å². The van der Waals surface area contributed by atoms with Crippen molar-refractivity contribution in [2.75, 3.05) is 25.0 Å². The summed E-state index contributed by atoms with van der Waals surface area (Å²) in [5, 5.41) is 5.43. The molecule has 1 amide bonds. The predicted molar refractivity (Wildman–Crippen MR) is 107 cm³/mol. The van der Waals surface area contributed by atoms with Crippen LogP contribution in [0.5, 0.6) is 0 Å². The highest BCUT2D eigenvalue weighted by Gasteiger charge is 2.38. The molecule has 0 spiro atoms. The first-order valence-electron chi connectivity index (χ1n) is 9.87. The normalized spacial score (nSPS) is 15.9. The molecule has 1 heterocycles. The summed E-state index contributed by atoms with van der Waals surface area (Å²) in [6.45, 7) is 5.44. The van der Waals surface area contributed by atoms with Gasteiger partial charge in [-0.3, -0.25) is 15.0 Å². The minimum atomic E-state index is -0.970. The third kappa shape index (κ3) is 4.99. The van der Waals surface area contributed by atoms with Gasteiger partial charge in [0.15, 0.2) is 11.6 Å². The summed E-state index contributed by atoms with van der Waals surface area (Å²) >= 11 is 0. The molecule has 1 fully saturated rings. The van der Waals surface area contributed by atoms with Crippen molar-refractivity contribution in [3.05, 3.63) is 65.2 Å². The van der Waals surface area contributed by atoms with Gasteiger partial charge in [-0.1, -0.05) is 6.07 Å². The van der Waals surface area contributed by atoms with Crippen LogP contribution in [-0.2, 0) is 4.79 Å². The molecule has 1 aliphatic rings. The number of nitrogens with one attached hydrogen (secondary N) is 2. The van der Waals surface area contributed by atoms with Crippen molar-refractivity contribution in [2.24, 2.45) is 0 Å². The molecule has 3 rings (SSSR count). The zero-order valence-electron chi connectivity index (χ0n) is 16.9. The van der Waals surface area contributed by atoms with Crippen LogP contribution in [-0.4, -0.2) is 36.0 Å². The molecule has 1 saturated heterocycles. The van der Waals surface area contributed by atoms with E-state index in [2.05, 4.69) is 15.5 Å². The van der Waals surface area contributed by atoms with Crippen molar-refractivity contribution in [3.63, 3.8) is 0 Å². The van der Waals surface area contributed by atoms with Gasteiger partial charge in [0, 0.05) is 11.6 Å². The van der Waals surface area contributed by atoms with E-state index in [1.165, 1.54) is 6.07 Å². The van der Waals surface area contributed by atoms with Gasteiger partial charge in [0.25, 0.3) is 0 Å². The number of amides is 1. The first kappa shape index (κ1) is 22.2. The summed E-state index contributed by atoms with van der Waals surface area (Å²) < 4.78 is 54.5. The summed E-state index contributed by atoms with van der Waals surface area (Å²) in [5.41, 5.74) is -0.272. The van der Waals surface area contributed by atoms with E-state index in [0.717, 1.165) is 56.3 Å². The second kappa shape index (κ2) is 9.14. The second-order valence-corrected chi connectivity index (χ2v) is 8.01. The van der Waals surface area contributed by atoms with Crippen molar-refractivity contribution < 1.29 is 22.4 Å². The number of anilines is 1. The molecule has 0 bridgehead atoms. The Morgan fingerprint density at radius 3 is 2.33 bits per heavy atom. The fourth-order valence-electron chi connectivity index (χ4n) is 3.93. The highest BCUT2D eigenvalue weighted by molar-refractivity contribution is 5.92. The third-order valence-electron chi connectivity index (χ3n) is 5.57. The molecule has 0 radical (unpaired) electrons. The average molecular weight is 423 g/mol. The molecule has 1 aliphatic heterocycles. The van der Waals surface area contributed by atoms with E-state index in [4.69, 9.17) is 0 Å². The van der Waals surface area contributed by atoms with Gasteiger partial charge in [-0.2, -0.15) is 0 Å².